The maximum atomic E-state index is 2.69. The van der Waals surface area contributed by atoms with Gasteiger partial charge in [0.2, 0.25) is 0 Å². The first-order valence-corrected chi connectivity index (χ1v) is 19.0. The Balaban J connectivity index is 2.02. The van der Waals surface area contributed by atoms with Gasteiger partial charge in [0, 0.05) is 25.5 Å². The monoisotopic (exact) mass is 561 g/mol. The molecule has 1 unspecified atom stereocenters. The normalized spacial score (nSPS) is 15.1. The Morgan fingerprint density at radius 3 is 0.950 bits per heavy atom. The minimum Gasteiger partial charge on any atom is -0.356 e. The zero-order valence-electron chi connectivity index (χ0n) is 28.3. The van der Waals surface area contributed by atoms with Gasteiger partial charge in [-0.05, 0) is 25.7 Å². The van der Waals surface area contributed by atoms with E-state index in [1.165, 1.54) is 206 Å². The van der Waals surface area contributed by atoms with Crippen LogP contribution >= 0.6 is 0 Å². The highest BCUT2D eigenvalue weighted by atomic mass is 15.4. The maximum absolute atomic E-state index is 2.69. The van der Waals surface area contributed by atoms with Crippen LogP contribution in [0.25, 0.3) is 0 Å². The van der Waals surface area contributed by atoms with Crippen LogP contribution in [0.4, 0.5) is 0 Å². The van der Waals surface area contributed by atoms with E-state index in [2.05, 4.69) is 43.0 Å². The topological polar surface area (TPSA) is 6.48 Å². The molecule has 0 radical (unpaired) electrons. The predicted molar refractivity (Wildman–Crippen MR) is 182 cm³/mol. The molecule has 0 saturated heterocycles. The molecule has 1 atom stereocenters. The Labute approximate surface area is 254 Å². The fourth-order valence-corrected chi connectivity index (χ4v) is 6.51. The second-order valence-electron chi connectivity index (χ2n) is 13.2. The van der Waals surface area contributed by atoms with Gasteiger partial charge >= 0.3 is 0 Å². The Morgan fingerprint density at radius 2 is 0.600 bits per heavy atom. The van der Waals surface area contributed by atoms with E-state index in [-0.39, 0.29) is 0 Å². The van der Waals surface area contributed by atoms with Gasteiger partial charge in [-0.15, -0.1) is 0 Å². The largest absolute Gasteiger partial charge is 0.356 e. The molecule has 1 aliphatic rings. The van der Waals surface area contributed by atoms with Gasteiger partial charge in [-0.25, -0.2) is 0 Å². The highest BCUT2D eigenvalue weighted by molar-refractivity contribution is 4.96. The maximum Gasteiger partial charge on any atom is 0.101 e. The molecule has 0 fully saturated rings. The first-order valence-electron chi connectivity index (χ1n) is 19.0. The smallest absolute Gasteiger partial charge is 0.101 e. The molecule has 0 bridgehead atoms. The molecule has 238 valence electrons. The van der Waals surface area contributed by atoms with Crippen molar-refractivity contribution in [3.63, 3.8) is 0 Å². The molecular formula is C38H76N2. The van der Waals surface area contributed by atoms with E-state index in [1.807, 2.05) is 0 Å². The van der Waals surface area contributed by atoms with Crippen LogP contribution in [0.3, 0.4) is 0 Å². The lowest BCUT2D eigenvalue weighted by Gasteiger charge is -2.33. The van der Waals surface area contributed by atoms with Crippen LogP contribution in [0, 0.1) is 0 Å². The average molecular weight is 561 g/mol. The van der Waals surface area contributed by atoms with Gasteiger partial charge in [-0.1, -0.05) is 188 Å². The van der Waals surface area contributed by atoms with Gasteiger partial charge in [-0.2, -0.15) is 0 Å². The lowest BCUT2D eigenvalue weighted by atomic mass is 10.0. The molecule has 0 saturated carbocycles. The lowest BCUT2D eigenvalue weighted by Crippen LogP contribution is -2.39. The molecule has 0 N–H and O–H groups in total. The van der Waals surface area contributed by atoms with Crippen LogP contribution in [0.1, 0.15) is 213 Å². The highest BCUT2D eigenvalue weighted by Gasteiger charge is 2.24. The zero-order chi connectivity index (χ0) is 28.8. The van der Waals surface area contributed by atoms with E-state index in [4.69, 9.17) is 0 Å². The summed E-state index contributed by atoms with van der Waals surface area (Å²) < 4.78 is 0. The van der Waals surface area contributed by atoms with Crippen molar-refractivity contribution in [1.29, 1.82) is 0 Å². The van der Waals surface area contributed by atoms with E-state index in [9.17, 15) is 0 Å². The lowest BCUT2D eigenvalue weighted by molar-refractivity contribution is 0.136. The molecule has 1 aliphatic heterocycles. The Kier molecular flexibility index (Phi) is 27.9. The van der Waals surface area contributed by atoms with E-state index in [0.29, 0.717) is 6.17 Å². The van der Waals surface area contributed by atoms with Crippen LogP contribution in [-0.4, -0.2) is 29.1 Å². The Bertz CT molecular complexity index is 516. The van der Waals surface area contributed by atoms with Crippen molar-refractivity contribution in [1.82, 2.24) is 9.80 Å². The SMILES string of the molecule is CCCCCCCCCCCCCCCCCCCC1N(CCCC)C=CN1CCCCCCCCCCCC. The number of rotatable bonds is 32. The zero-order valence-corrected chi connectivity index (χ0v) is 28.3. The van der Waals surface area contributed by atoms with E-state index >= 15 is 0 Å². The Morgan fingerprint density at radius 1 is 0.325 bits per heavy atom. The van der Waals surface area contributed by atoms with E-state index < -0.39 is 0 Å². The molecule has 0 aromatic rings. The fourth-order valence-electron chi connectivity index (χ4n) is 6.51. The summed E-state index contributed by atoms with van der Waals surface area (Å²) in [5.74, 6) is 0. The first kappa shape index (κ1) is 37.4. The van der Waals surface area contributed by atoms with Crippen LogP contribution in [0.15, 0.2) is 12.4 Å². The molecule has 0 spiro atoms. The molecule has 0 amide bonds. The fraction of sp³-hybridized carbons (Fsp3) is 0.947. The van der Waals surface area contributed by atoms with Gasteiger partial charge in [-0.3, -0.25) is 0 Å². The van der Waals surface area contributed by atoms with Crippen LogP contribution in [0.2, 0.25) is 0 Å². The molecule has 40 heavy (non-hydrogen) atoms. The summed E-state index contributed by atoms with van der Waals surface area (Å²) in [6.07, 6.45) is 48.5. The number of hydrogen-bond donors (Lipinski definition) is 0. The average Bonchev–Trinajstić information content (AvgIpc) is 3.35. The molecule has 0 aliphatic carbocycles. The summed E-state index contributed by atoms with van der Waals surface area (Å²) >= 11 is 0. The van der Waals surface area contributed by atoms with Gasteiger partial charge < -0.3 is 9.80 Å². The molecule has 0 aromatic carbocycles. The van der Waals surface area contributed by atoms with Crippen LogP contribution < -0.4 is 0 Å². The molecule has 0 aromatic heterocycles. The van der Waals surface area contributed by atoms with Crippen LogP contribution in [-0.2, 0) is 0 Å². The first-order chi connectivity index (χ1) is 19.8. The van der Waals surface area contributed by atoms with Crippen molar-refractivity contribution in [2.75, 3.05) is 13.1 Å². The summed E-state index contributed by atoms with van der Waals surface area (Å²) in [4.78, 5) is 5.35. The quantitative estimate of drug-likeness (QED) is 0.0755. The van der Waals surface area contributed by atoms with Crippen molar-refractivity contribution in [2.24, 2.45) is 0 Å². The standard InChI is InChI=1S/C38H76N2/c1-4-7-10-12-14-16-18-19-20-21-22-23-24-25-27-29-31-33-38-39(34-9-6-3)36-37-40(38)35-32-30-28-26-17-15-13-11-8-5-2/h36-38H,4-35H2,1-3H3. The number of hydrogen-bond acceptors (Lipinski definition) is 2. The van der Waals surface area contributed by atoms with Crippen molar-refractivity contribution in [3.8, 4) is 0 Å². The molecule has 1 heterocycles. The second kappa shape index (κ2) is 29.8. The third-order valence-electron chi connectivity index (χ3n) is 9.32. The van der Waals surface area contributed by atoms with Gasteiger partial charge in [0.15, 0.2) is 0 Å². The van der Waals surface area contributed by atoms with Crippen molar-refractivity contribution < 1.29 is 0 Å². The summed E-state index contributed by atoms with van der Waals surface area (Å²) in [6.45, 7) is 9.45. The summed E-state index contributed by atoms with van der Waals surface area (Å²) in [7, 11) is 0. The van der Waals surface area contributed by atoms with Gasteiger partial charge in [0.1, 0.15) is 6.17 Å². The number of nitrogens with zero attached hydrogens (tertiary/aromatic N) is 2. The number of unbranched alkanes of at least 4 members (excludes halogenated alkanes) is 26. The highest BCUT2D eigenvalue weighted by Crippen LogP contribution is 2.24. The molecule has 1 rings (SSSR count). The summed E-state index contributed by atoms with van der Waals surface area (Å²) in [5.41, 5.74) is 0. The predicted octanol–water partition coefficient (Wildman–Crippen LogP) is 13.2. The summed E-state index contributed by atoms with van der Waals surface area (Å²) in [5, 5.41) is 0. The van der Waals surface area contributed by atoms with Crippen LogP contribution in [0.5, 0.6) is 0 Å². The van der Waals surface area contributed by atoms with E-state index in [1.54, 1.807) is 0 Å². The third-order valence-corrected chi connectivity index (χ3v) is 9.32. The van der Waals surface area contributed by atoms with Gasteiger partial charge in [0.25, 0.3) is 0 Å². The summed E-state index contributed by atoms with van der Waals surface area (Å²) in [6, 6.07) is 0. The molecular weight excluding hydrogens is 484 g/mol. The van der Waals surface area contributed by atoms with Crippen molar-refractivity contribution in [3.05, 3.63) is 12.4 Å². The van der Waals surface area contributed by atoms with Crippen molar-refractivity contribution >= 4 is 0 Å². The van der Waals surface area contributed by atoms with Crippen molar-refractivity contribution in [2.45, 2.75) is 220 Å². The molecule has 2 nitrogen and oxygen atoms in total. The minimum atomic E-state index is 0.640. The minimum absolute atomic E-state index is 0.640. The van der Waals surface area contributed by atoms with Gasteiger partial charge in [0.05, 0.1) is 0 Å². The van der Waals surface area contributed by atoms with E-state index in [0.717, 1.165) is 0 Å². The molecule has 2 heteroatoms. The Hall–Kier alpha value is -0.660. The third kappa shape index (κ3) is 22.0. The second-order valence-corrected chi connectivity index (χ2v) is 13.2.